The molecule has 1 amide bonds. The van der Waals surface area contributed by atoms with Crippen molar-refractivity contribution in [2.24, 2.45) is 5.11 Å². The van der Waals surface area contributed by atoms with E-state index in [-0.39, 0.29) is 0 Å². The van der Waals surface area contributed by atoms with Gasteiger partial charge in [-0.05, 0) is 41.2 Å². The average Bonchev–Trinajstić information content (AvgIpc) is 2.42. The first-order chi connectivity index (χ1) is 9.13. The van der Waals surface area contributed by atoms with Crippen LogP contribution in [0.4, 0.5) is 0 Å². The number of benzene rings is 2. The molecule has 0 saturated heterocycles. The van der Waals surface area contributed by atoms with Gasteiger partial charge in [0.15, 0.2) is 0 Å². The van der Waals surface area contributed by atoms with Crippen LogP contribution in [0.2, 0.25) is 0 Å². The maximum absolute atomic E-state index is 11.8. The number of hydrogen-bond acceptors (Lipinski definition) is 1. The summed E-state index contributed by atoms with van der Waals surface area (Å²) in [4.78, 5) is 14.4. The predicted molar refractivity (Wildman–Crippen MR) is 74.8 cm³/mol. The van der Waals surface area contributed by atoms with Crippen LogP contribution in [-0.4, -0.2) is 5.91 Å². The molecule has 4 heteroatoms. The SMILES string of the molecule is Cc1ccc(C)c(-c2ccccc2C(=O)N=[N+]=[N-])c1. The number of hydrogen-bond donors (Lipinski definition) is 0. The Hall–Kier alpha value is -2.58. The normalized spacial score (nSPS) is 9.79. The summed E-state index contributed by atoms with van der Waals surface area (Å²) in [5.41, 5.74) is 12.8. The van der Waals surface area contributed by atoms with Gasteiger partial charge in [-0.15, -0.1) is 0 Å². The number of aryl methyl sites for hydroxylation is 2. The Bertz CT molecular complexity index is 686. The second-order valence-corrected chi connectivity index (χ2v) is 4.36. The number of carbonyl (C=O) groups excluding carboxylic acids is 1. The fourth-order valence-electron chi connectivity index (χ4n) is 2.02. The van der Waals surface area contributed by atoms with Gasteiger partial charge in [-0.3, -0.25) is 4.79 Å². The number of azide groups is 1. The Morgan fingerprint density at radius 3 is 2.58 bits per heavy atom. The van der Waals surface area contributed by atoms with Crippen LogP contribution >= 0.6 is 0 Å². The van der Waals surface area contributed by atoms with Crippen LogP contribution in [0.15, 0.2) is 47.6 Å². The molecular weight excluding hydrogens is 238 g/mol. The summed E-state index contributed by atoms with van der Waals surface area (Å²) < 4.78 is 0. The van der Waals surface area contributed by atoms with Crippen molar-refractivity contribution in [2.45, 2.75) is 13.8 Å². The van der Waals surface area contributed by atoms with Gasteiger partial charge in [-0.2, -0.15) is 0 Å². The van der Waals surface area contributed by atoms with Crippen molar-refractivity contribution in [2.75, 3.05) is 0 Å². The van der Waals surface area contributed by atoms with Gasteiger partial charge in [-0.25, -0.2) is 0 Å². The fourth-order valence-corrected chi connectivity index (χ4v) is 2.02. The topological polar surface area (TPSA) is 65.8 Å². The minimum atomic E-state index is -0.556. The Balaban J connectivity index is 2.66. The van der Waals surface area contributed by atoms with Crippen molar-refractivity contribution in [3.05, 3.63) is 69.6 Å². The van der Waals surface area contributed by atoms with Crippen molar-refractivity contribution in [1.29, 1.82) is 0 Å². The summed E-state index contributed by atoms with van der Waals surface area (Å²) >= 11 is 0. The molecule has 19 heavy (non-hydrogen) atoms. The van der Waals surface area contributed by atoms with E-state index in [4.69, 9.17) is 5.53 Å². The standard InChI is InChI=1S/C15H13N3O/c1-10-7-8-11(2)14(9-10)12-5-3-4-6-13(12)15(19)17-18-16/h3-9H,1-2H3. The quantitative estimate of drug-likeness (QED) is 0.442. The van der Waals surface area contributed by atoms with Crippen LogP contribution in [0.25, 0.3) is 21.6 Å². The Morgan fingerprint density at radius 2 is 1.84 bits per heavy atom. The smallest absolute Gasteiger partial charge is 0.249 e. The molecule has 2 aromatic carbocycles. The van der Waals surface area contributed by atoms with Gasteiger partial charge in [0.2, 0.25) is 5.91 Å². The third kappa shape index (κ3) is 2.64. The molecule has 2 aromatic rings. The van der Waals surface area contributed by atoms with Gasteiger partial charge in [0, 0.05) is 10.5 Å². The molecule has 0 aliphatic rings. The van der Waals surface area contributed by atoms with Crippen LogP contribution in [0, 0.1) is 13.8 Å². The first kappa shape index (κ1) is 12.9. The lowest BCUT2D eigenvalue weighted by Gasteiger charge is -2.10. The highest BCUT2D eigenvalue weighted by molar-refractivity contribution is 6.01. The van der Waals surface area contributed by atoms with E-state index in [1.807, 2.05) is 44.2 Å². The van der Waals surface area contributed by atoms with Gasteiger partial charge in [-0.1, -0.05) is 48.0 Å². The molecule has 0 atom stereocenters. The molecule has 0 aromatic heterocycles. The molecule has 0 N–H and O–H groups in total. The fraction of sp³-hybridized carbons (Fsp3) is 0.133. The van der Waals surface area contributed by atoms with Gasteiger partial charge in [0.05, 0.1) is 0 Å². The lowest BCUT2D eigenvalue weighted by molar-refractivity contribution is 0.100. The molecule has 0 heterocycles. The van der Waals surface area contributed by atoms with Crippen molar-refractivity contribution in [3.63, 3.8) is 0 Å². The molecule has 0 unspecified atom stereocenters. The first-order valence-corrected chi connectivity index (χ1v) is 5.89. The number of nitrogens with zero attached hydrogens (tertiary/aromatic N) is 3. The molecule has 0 saturated carbocycles. The van der Waals surface area contributed by atoms with Crippen molar-refractivity contribution >= 4 is 5.91 Å². The van der Waals surface area contributed by atoms with Crippen molar-refractivity contribution in [3.8, 4) is 11.1 Å². The highest BCUT2D eigenvalue weighted by atomic mass is 16.1. The molecule has 2 rings (SSSR count). The lowest BCUT2D eigenvalue weighted by atomic mass is 9.94. The van der Waals surface area contributed by atoms with Gasteiger partial charge in [0.1, 0.15) is 0 Å². The number of rotatable bonds is 2. The number of carbonyl (C=O) groups is 1. The number of amides is 1. The average molecular weight is 251 g/mol. The Morgan fingerprint density at radius 1 is 1.11 bits per heavy atom. The minimum absolute atomic E-state index is 0.425. The summed E-state index contributed by atoms with van der Waals surface area (Å²) in [6.45, 7) is 3.99. The van der Waals surface area contributed by atoms with Crippen LogP contribution in [0.5, 0.6) is 0 Å². The molecule has 0 bridgehead atoms. The molecule has 4 nitrogen and oxygen atoms in total. The summed E-state index contributed by atoms with van der Waals surface area (Å²) in [5.74, 6) is -0.556. The Kier molecular flexibility index (Phi) is 3.64. The maximum atomic E-state index is 11.8. The van der Waals surface area contributed by atoms with E-state index in [9.17, 15) is 4.79 Å². The maximum Gasteiger partial charge on any atom is 0.249 e. The minimum Gasteiger partial charge on any atom is -0.287 e. The second-order valence-electron chi connectivity index (χ2n) is 4.36. The summed E-state index contributed by atoms with van der Waals surface area (Å²) in [6, 6.07) is 13.2. The van der Waals surface area contributed by atoms with E-state index in [0.717, 1.165) is 22.3 Å². The van der Waals surface area contributed by atoms with E-state index in [2.05, 4.69) is 10.0 Å². The van der Waals surface area contributed by atoms with E-state index in [0.29, 0.717) is 5.56 Å². The third-order valence-electron chi connectivity index (χ3n) is 2.98. The van der Waals surface area contributed by atoms with Crippen LogP contribution in [-0.2, 0) is 0 Å². The zero-order valence-electron chi connectivity index (χ0n) is 10.8. The predicted octanol–water partition coefficient (Wildman–Crippen LogP) is 4.42. The molecule has 94 valence electrons. The zero-order chi connectivity index (χ0) is 13.8. The summed E-state index contributed by atoms with van der Waals surface area (Å²) in [6.07, 6.45) is 0. The molecule has 0 fully saturated rings. The summed E-state index contributed by atoms with van der Waals surface area (Å²) in [5, 5.41) is 3.17. The van der Waals surface area contributed by atoms with Crippen molar-refractivity contribution < 1.29 is 4.79 Å². The highest BCUT2D eigenvalue weighted by Gasteiger charge is 2.12. The van der Waals surface area contributed by atoms with Crippen LogP contribution < -0.4 is 0 Å². The highest BCUT2D eigenvalue weighted by Crippen LogP contribution is 2.28. The third-order valence-corrected chi connectivity index (χ3v) is 2.98. The second kappa shape index (κ2) is 5.38. The molecule has 0 aliphatic carbocycles. The lowest BCUT2D eigenvalue weighted by Crippen LogP contribution is -1.98. The van der Waals surface area contributed by atoms with Crippen molar-refractivity contribution in [1.82, 2.24) is 0 Å². The molecule has 0 spiro atoms. The molecule has 0 aliphatic heterocycles. The van der Waals surface area contributed by atoms with Crippen LogP contribution in [0.3, 0.4) is 0 Å². The van der Waals surface area contributed by atoms with Gasteiger partial charge in [0.25, 0.3) is 0 Å². The molecule has 0 radical (unpaired) electrons. The van der Waals surface area contributed by atoms with Gasteiger partial charge >= 0.3 is 0 Å². The molecular formula is C15H13N3O. The summed E-state index contributed by atoms with van der Waals surface area (Å²) in [7, 11) is 0. The van der Waals surface area contributed by atoms with E-state index in [1.54, 1.807) is 12.1 Å². The van der Waals surface area contributed by atoms with E-state index >= 15 is 0 Å². The van der Waals surface area contributed by atoms with E-state index < -0.39 is 5.91 Å². The monoisotopic (exact) mass is 251 g/mol. The van der Waals surface area contributed by atoms with E-state index in [1.165, 1.54) is 0 Å². The Labute approximate surface area is 111 Å². The first-order valence-electron chi connectivity index (χ1n) is 5.89. The zero-order valence-corrected chi connectivity index (χ0v) is 10.8. The van der Waals surface area contributed by atoms with Gasteiger partial charge < -0.3 is 0 Å². The largest absolute Gasteiger partial charge is 0.287 e. The van der Waals surface area contributed by atoms with Crippen LogP contribution in [0.1, 0.15) is 21.5 Å².